The van der Waals surface area contributed by atoms with Crippen molar-refractivity contribution in [1.82, 2.24) is 19.7 Å². The third kappa shape index (κ3) is 6.06. The molecule has 0 saturated carbocycles. The molecular weight excluding hydrogens is 522 g/mol. The number of urea groups is 1. The Bertz CT molecular complexity index is 1440. The minimum Gasteiger partial charge on any atom is -0.336 e. The Morgan fingerprint density at radius 3 is 1.69 bits per heavy atom. The first-order valence-corrected chi connectivity index (χ1v) is 14.8. The number of hydrogen-bond donors (Lipinski definition) is 0. The number of piperidine rings is 1. The van der Waals surface area contributed by atoms with Crippen LogP contribution >= 0.6 is 0 Å². The lowest BCUT2D eigenvalue weighted by Gasteiger charge is -2.43. The number of nitrogens with zero attached hydrogens (tertiary/aromatic N) is 5. The van der Waals surface area contributed by atoms with Gasteiger partial charge in [0.1, 0.15) is 0 Å². The van der Waals surface area contributed by atoms with Gasteiger partial charge in [-0.05, 0) is 37.1 Å². The number of carbonyl (C=O) groups is 2. The van der Waals surface area contributed by atoms with Crippen molar-refractivity contribution >= 4 is 17.6 Å². The van der Waals surface area contributed by atoms with Crippen molar-refractivity contribution in [1.29, 1.82) is 0 Å². The molecule has 0 unspecified atom stereocenters. The van der Waals surface area contributed by atoms with E-state index in [0.717, 1.165) is 67.2 Å². The number of anilines is 1. The molecule has 4 aromatic rings. The molecule has 2 aliphatic rings. The van der Waals surface area contributed by atoms with E-state index in [-0.39, 0.29) is 11.9 Å². The van der Waals surface area contributed by atoms with E-state index in [4.69, 9.17) is 4.98 Å². The molecule has 6 rings (SSSR count). The molecule has 3 aromatic carbocycles. The van der Waals surface area contributed by atoms with Crippen LogP contribution in [0.15, 0.2) is 103 Å². The molecule has 2 aliphatic heterocycles. The fourth-order valence-electron chi connectivity index (χ4n) is 6.04. The molecule has 1 aromatic heterocycles. The molecule has 3 amide bonds. The summed E-state index contributed by atoms with van der Waals surface area (Å²) in [6.45, 7) is 4.58. The van der Waals surface area contributed by atoms with Crippen LogP contribution < -0.4 is 4.90 Å². The molecule has 3 heterocycles. The van der Waals surface area contributed by atoms with Crippen LogP contribution in [0, 0.1) is 0 Å². The molecule has 0 radical (unpaired) electrons. The molecule has 7 nitrogen and oxygen atoms in total. The van der Waals surface area contributed by atoms with Gasteiger partial charge in [0.15, 0.2) is 0 Å². The topological polar surface area (TPSA) is 60.0 Å². The largest absolute Gasteiger partial charge is 0.336 e. The van der Waals surface area contributed by atoms with Crippen molar-refractivity contribution < 1.29 is 9.59 Å². The Balaban J connectivity index is 1.09. The van der Waals surface area contributed by atoms with E-state index in [1.54, 1.807) is 4.90 Å². The first-order valence-electron chi connectivity index (χ1n) is 14.8. The van der Waals surface area contributed by atoms with E-state index in [0.29, 0.717) is 24.7 Å². The standard InChI is InChI=1S/C35H37N5O2/c1-37(30-15-9-4-10-16-30)35(42)40-19-17-31(18-20-40)38-21-23-39(24-22-38)34(41)29-25-32(27-11-5-2-6-12-27)36-33(26-29)28-13-7-3-8-14-28/h2-16,25-26,31H,17-24H2,1H3. The van der Waals surface area contributed by atoms with Gasteiger partial charge in [-0.3, -0.25) is 14.6 Å². The second-order valence-electron chi connectivity index (χ2n) is 11.1. The number of carbonyl (C=O) groups excluding carboxylic acids is 2. The maximum Gasteiger partial charge on any atom is 0.324 e. The number of amides is 3. The SMILES string of the molecule is CN(C(=O)N1CCC(N2CCN(C(=O)c3cc(-c4ccccc4)nc(-c4ccccc4)c3)CC2)CC1)c1ccccc1. The number of likely N-dealkylation sites (tertiary alicyclic amines) is 1. The van der Waals surface area contributed by atoms with Crippen molar-refractivity contribution in [2.24, 2.45) is 0 Å². The predicted octanol–water partition coefficient (Wildman–Crippen LogP) is 5.89. The molecule has 7 heteroatoms. The Kier molecular flexibility index (Phi) is 8.28. The van der Waals surface area contributed by atoms with E-state index < -0.39 is 0 Å². The highest BCUT2D eigenvalue weighted by Crippen LogP contribution is 2.27. The summed E-state index contributed by atoms with van der Waals surface area (Å²) in [5.74, 6) is 0.0516. The second-order valence-corrected chi connectivity index (χ2v) is 11.1. The zero-order chi connectivity index (χ0) is 28.9. The average Bonchev–Trinajstić information content (AvgIpc) is 3.08. The number of rotatable bonds is 5. The highest BCUT2D eigenvalue weighted by molar-refractivity contribution is 5.96. The number of piperazine rings is 1. The lowest BCUT2D eigenvalue weighted by atomic mass is 10.0. The molecular formula is C35H37N5O2. The van der Waals surface area contributed by atoms with E-state index in [9.17, 15) is 9.59 Å². The Morgan fingerprint density at radius 2 is 1.17 bits per heavy atom. The van der Waals surface area contributed by atoms with Gasteiger partial charge in [0.05, 0.1) is 11.4 Å². The van der Waals surface area contributed by atoms with Crippen LogP contribution in [0.25, 0.3) is 22.5 Å². The first kappa shape index (κ1) is 27.7. The summed E-state index contributed by atoms with van der Waals surface area (Å²) in [6.07, 6.45) is 1.90. The highest BCUT2D eigenvalue weighted by Gasteiger charge is 2.31. The van der Waals surface area contributed by atoms with Gasteiger partial charge < -0.3 is 9.80 Å². The maximum absolute atomic E-state index is 13.8. The van der Waals surface area contributed by atoms with Crippen LogP contribution in [0.2, 0.25) is 0 Å². The van der Waals surface area contributed by atoms with Gasteiger partial charge in [0.2, 0.25) is 0 Å². The second kappa shape index (κ2) is 12.6. The van der Waals surface area contributed by atoms with Crippen LogP contribution in [-0.4, -0.2) is 84.0 Å². The van der Waals surface area contributed by atoms with E-state index >= 15 is 0 Å². The zero-order valence-corrected chi connectivity index (χ0v) is 24.1. The quantitative estimate of drug-likeness (QED) is 0.306. The van der Waals surface area contributed by atoms with Crippen LogP contribution in [0.1, 0.15) is 23.2 Å². The number of pyridine rings is 1. The van der Waals surface area contributed by atoms with Crippen molar-refractivity contribution in [2.45, 2.75) is 18.9 Å². The lowest BCUT2D eigenvalue weighted by Crippen LogP contribution is -2.55. The van der Waals surface area contributed by atoms with Gasteiger partial charge in [0, 0.05) is 74.7 Å². The summed E-state index contributed by atoms with van der Waals surface area (Å²) in [5.41, 5.74) is 5.18. The van der Waals surface area contributed by atoms with E-state index in [1.165, 1.54) is 0 Å². The van der Waals surface area contributed by atoms with Gasteiger partial charge in [-0.1, -0.05) is 78.9 Å². The zero-order valence-electron chi connectivity index (χ0n) is 24.1. The van der Waals surface area contributed by atoms with Crippen LogP contribution in [-0.2, 0) is 0 Å². The molecule has 0 spiro atoms. The van der Waals surface area contributed by atoms with Crippen molar-refractivity contribution in [3.63, 3.8) is 0 Å². The normalized spacial score (nSPS) is 16.3. The van der Waals surface area contributed by atoms with E-state index in [1.807, 2.05) is 120 Å². The summed E-state index contributed by atoms with van der Waals surface area (Å²) in [7, 11) is 1.84. The van der Waals surface area contributed by atoms with Crippen LogP contribution in [0.4, 0.5) is 10.5 Å². The van der Waals surface area contributed by atoms with Gasteiger partial charge >= 0.3 is 6.03 Å². The van der Waals surface area contributed by atoms with Crippen molar-refractivity contribution in [3.05, 3.63) is 109 Å². The minimum atomic E-state index is 0.0516. The third-order valence-electron chi connectivity index (χ3n) is 8.49. The molecule has 214 valence electrons. The van der Waals surface area contributed by atoms with Gasteiger partial charge in [0.25, 0.3) is 5.91 Å². The van der Waals surface area contributed by atoms with Crippen LogP contribution in [0.5, 0.6) is 0 Å². The predicted molar refractivity (Wildman–Crippen MR) is 167 cm³/mol. The Morgan fingerprint density at radius 1 is 0.667 bits per heavy atom. The fraction of sp³-hybridized carbons (Fsp3) is 0.286. The molecule has 0 aliphatic carbocycles. The summed E-state index contributed by atoms with van der Waals surface area (Å²) in [6, 6.07) is 34.2. The van der Waals surface area contributed by atoms with Crippen molar-refractivity contribution in [3.8, 4) is 22.5 Å². The van der Waals surface area contributed by atoms with Gasteiger partial charge in [-0.25, -0.2) is 9.78 Å². The third-order valence-corrected chi connectivity index (χ3v) is 8.49. The minimum absolute atomic E-state index is 0.0516. The molecule has 0 N–H and O–H groups in total. The Hall–Kier alpha value is -4.49. The molecule has 42 heavy (non-hydrogen) atoms. The number of aromatic nitrogens is 1. The average molecular weight is 560 g/mol. The number of hydrogen-bond acceptors (Lipinski definition) is 4. The molecule has 2 saturated heterocycles. The number of para-hydroxylation sites is 1. The Labute approximate surface area is 248 Å². The summed E-state index contributed by atoms with van der Waals surface area (Å²) in [5, 5.41) is 0. The molecule has 2 fully saturated rings. The summed E-state index contributed by atoms with van der Waals surface area (Å²) < 4.78 is 0. The fourth-order valence-corrected chi connectivity index (χ4v) is 6.04. The van der Waals surface area contributed by atoms with Gasteiger partial charge in [-0.2, -0.15) is 0 Å². The highest BCUT2D eigenvalue weighted by atomic mass is 16.2. The van der Waals surface area contributed by atoms with Crippen molar-refractivity contribution in [2.75, 3.05) is 51.2 Å². The van der Waals surface area contributed by atoms with Gasteiger partial charge in [-0.15, -0.1) is 0 Å². The number of benzene rings is 3. The summed E-state index contributed by atoms with van der Waals surface area (Å²) >= 11 is 0. The summed E-state index contributed by atoms with van der Waals surface area (Å²) in [4.78, 5) is 39.9. The van der Waals surface area contributed by atoms with E-state index in [2.05, 4.69) is 4.90 Å². The molecule has 0 bridgehead atoms. The maximum atomic E-state index is 13.8. The monoisotopic (exact) mass is 559 g/mol. The lowest BCUT2D eigenvalue weighted by molar-refractivity contribution is 0.0481. The van der Waals surface area contributed by atoms with Crippen LogP contribution in [0.3, 0.4) is 0 Å². The smallest absolute Gasteiger partial charge is 0.324 e. The first-order chi connectivity index (χ1) is 20.6. The molecule has 0 atom stereocenters.